The van der Waals surface area contributed by atoms with Crippen LogP contribution in [0.4, 0.5) is 0 Å². The lowest BCUT2D eigenvalue weighted by Crippen LogP contribution is -2.22. The monoisotopic (exact) mass is 369 g/mol. The van der Waals surface area contributed by atoms with Crippen molar-refractivity contribution in [2.75, 3.05) is 0 Å². The maximum atomic E-state index is 12.5. The highest BCUT2D eigenvalue weighted by molar-refractivity contribution is 5.94. The number of nitrogens with one attached hydrogen (secondary N) is 1. The molecule has 1 heterocycles. The summed E-state index contributed by atoms with van der Waals surface area (Å²) in [6.07, 6.45) is 0. The molecular weight excluding hydrogens is 346 g/mol. The van der Waals surface area contributed by atoms with Crippen LogP contribution < -0.4 is 5.32 Å². The first kappa shape index (κ1) is 18.0. The molecule has 0 saturated carbocycles. The van der Waals surface area contributed by atoms with E-state index in [1.807, 2.05) is 48.0 Å². The minimum atomic E-state index is -0.0641. The van der Waals surface area contributed by atoms with Crippen molar-refractivity contribution in [3.63, 3.8) is 0 Å². The zero-order chi connectivity index (χ0) is 19.5. The third-order valence-electron chi connectivity index (χ3n) is 4.92. The molecule has 140 valence electrons. The van der Waals surface area contributed by atoms with Crippen LogP contribution in [0.1, 0.15) is 32.9 Å². The van der Waals surface area contributed by atoms with E-state index in [9.17, 15) is 4.79 Å². The number of carbonyl (C=O) groups excluding carboxylic acids is 1. The van der Waals surface area contributed by atoms with Crippen molar-refractivity contribution in [1.82, 2.24) is 15.1 Å². The zero-order valence-electron chi connectivity index (χ0n) is 16.1. The van der Waals surface area contributed by atoms with Gasteiger partial charge in [0.2, 0.25) is 0 Å². The molecular formula is C24H23N3O. The molecule has 0 aliphatic heterocycles. The fourth-order valence-electron chi connectivity index (χ4n) is 3.40. The second-order valence-corrected chi connectivity index (χ2v) is 7.15. The predicted molar refractivity (Wildman–Crippen MR) is 112 cm³/mol. The van der Waals surface area contributed by atoms with Crippen molar-refractivity contribution in [1.29, 1.82) is 0 Å². The lowest BCUT2D eigenvalue weighted by Gasteiger charge is -2.08. The molecule has 0 fully saturated rings. The number of amides is 1. The van der Waals surface area contributed by atoms with Crippen LogP contribution in [0.3, 0.4) is 0 Å². The molecule has 0 spiro atoms. The van der Waals surface area contributed by atoms with Gasteiger partial charge in [0.25, 0.3) is 5.91 Å². The van der Waals surface area contributed by atoms with Crippen LogP contribution in [0.15, 0.2) is 72.8 Å². The average molecular weight is 369 g/mol. The minimum Gasteiger partial charge on any atom is -0.348 e. The largest absolute Gasteiger partial charge is 0.348 e. The van der Waals surface area contributed by atoms with E-state index in [2.05, 4.69) is 53.7 Å². The van der Waals surface area contributed by atoms with Crippen molar-refractivity contribution in [3.05, 3.63) is 101 Å². The van der Waals surface area contributed by atoms with E-state index in [0.29, 0.717) is 18.7 Å². The fourth-order valence-corrected chi connectivity index (χ4v) is 3.40. The molecule has 0 aliphatic rings. The molecule has 28 heavy (non-hydrogen) atoms. The van der Waals surface area contributed by atoms with Crippen LogP contribution >= 0.6 is 0 Å². The molecule has 4 heteroatoms. The van der Waals surface area contributed by atoms with E-state index < -0.39 is 0 Å². The Morgan fingerprint density at radius 3 is 2.32 bits per heavy atom. The van der Waals surface area contributed by atoms with Gasteiger partial charge in [-0.15, -0.1) is 0 Å². The molecule has 4 nitrogen and oxygen atoms in total. The SMILES string of the molecule is Cc1cc(C)n(Cc2ccc(C(=O)NCc3ccc4ccccc4c3)cc2)n1. The molecule has 4 rings (SSSR count). The summed E-state index contributed by atoms with van der Waals surface area (Å²) in [7, 11) is 0. The molecule has 0 atom stereocenters. The highest BCUT2D eigenvalue weighted by Gasteiger charge is 2.07. The first-order valence-electron chi connectivity index (χ1n) is 9.44. The lowest BCUT2D eigenvalue weighted by molar-refractivity contribution is 0.0951. The van der Waals surface area contributed by atoms with E-state index in [-0.39, 0.29) is 5.91 Å². The van der Waals surface area contributed by atoms with Gasteiger partial charge in [-0.25, -0.2) is 0 Å². The van der Waals surface area contributed by atoms with Gasteiger partial charge in [-0.05, 0) is 60.0 Å². The number of rotatable bonds is 5. The molecule has 3 aromatic carbocycles. The number of fused-ring (bicyclic) bond motifs is 1. The van der Waals surface area contributed by atoms with Crippen molar-refractivity contribution < 1.29 is 4.79 Å². The maximum absolute atomic E-state index is 12.5. The Morgan fingerprint density at radius 1 is 0.893 bits per heavy atom. The third-order valence-corrected chi connectivity index (χ3v) is 4.92. The summed E-state index contributed by atoms with van der Waals surface area (Å²) in [6, 6.07) is 24.3. The summed E-state index contributed by atoms with van der Waals surface area (Å²) in [5.74, 6) is -0.0641. The van der Waals surface area contributed by atoms with Gasteiger partial charge < -0.3 is 5.32 Å². The van der Waals surface area contributed by atoms with Crippen LogP contribution in [-0.4, -0.2) is 15.7 Å². The summed E-state index contributed by atoms with van der Waals surface area (Å²) in [5.41, 5.74) is 5.03. The van der Waals surface area contributed by atoms with Crippen LogP contribution in [0.2, 0.25) is 0 Å². The van der Waals surface area contributed by atoms with Gasteiger partial charge in [0, 0.05) is 17.8 Å². The second kappa shape index (κ2) is 7.69. The van der Waals surface area contributed by atoms with E-state index in [4.69, 9.17) is 0 Å². The first-order valence-corrected chi connectivity index (χ1v) is 9.44. The smallest absolute Gasteiger partial charge is 0.251 e. The van der Waals surface area contributed by atoms with Crippen LogP contribution in [0.25, 0.3) is 10.8 Å². The zero-order valence-corrected chi connectivity index (χ0v) is 16.1. The van der Waals surface area contributed by atoms with Gasteiger partial charge in [0.05, 0.1) is 12.2 Å². The van der Waals surface area contributed by atoms with E-state index in [0.717, 1.165) is 22.5 Å². The number of nitrogens with zero attached hydrogens (tertiary/aromatic N) is 2. The topological polar surface area (TPSA) is 46.9 Å². The number of carbonyl (C=O) groups is 1. The number of aromatic nitrogens is 2. The van der Waals surface area contributed by atoms with Gasteiger partial charge in [-0.3, -0.25) is 9.48 Å². The normalized spacial score (nSPS) is 10.9. The van der Waals surface area contributed by atoms with Crippen molar-refractivity contribution in [3.8, 4) is 0 Å². The predicted octanol–water partition coefficient (Wildman–Crippen LogP) is 4.63. The van der Waals surface area contributed by atoms with Crippen molar-refractivity contribution in [2.24, 2.45) is 0 Å². The number of hydrogen-bond acceptors (Lipinski definition) is 2. The molecule has 0 radical (unpaired) electrons. The highest BCUT2D eigenvalue weighted by atomic mass is 16.1. The van der Waals surface area contributed by atoms with Crippen molar-refractivity contribution in [2.45, 2.75) is 26.9 Å². The van der Waals surface area contributed by atoms with Gasteiger partial charge in [-0.1, -0.05) is 48.5 Å². The Hall–Kier alpha value is -3.40. The van der Waals surface area contributed by atoms with Gasteiger partial charge in [-0.2, -0.15) is 5.10 Å². The fraction of sp³-hybridized carbons (Fsp3) is 0.167. The number of aryl methyl sites for hydroxylation is 2. The summed E-state index contributed by atoms with van der Waals surface area (Å²) < 4.78 is 1.98. The quantitative estimate of drug-likeness (QED) is 0.557. The Morgan fingerprint density at radius 2 is 1.61 bits per heavy atom. The standard InChI is InChI=1S/C24H23N3O/c1-17-13-18(2)27(26-17)16-19-7-11-22(12-8-19)24(28)25-15-20-9-10-21-5-3-4-6-23(21)14-20/h3-14H,15-16H2,1-2H3,(H,25,28). The first-order chi connectivity index (χ1) is 13.6. The summed E-state index contributed by atoms with van der Waals surface area (Å²) in [4.78, 5) is 12.5. The average Bonchev–Trinajstić information content (AvgIpc) is 3.03. The Balaban J connectivity index is 1.39. The molecule has 4 aromatic rings. The molecule has 0 saturated heterocycles. The molecule has 1 aromatic heterocycles. The van der Waals surface area contributed by atoms with E-state index in [1.54, 1.807) is 0 Å². The summed E-state index contributed by atoms with van der Waals surface area (Å²) in [5, 5.41) is 9.88. The summed E-state index contributed by atoms with van der Waals surface area (Å²) >= 11 is 0. The second-order valence-electron chi connectivity index (χ2n) is 7.15. The lowest BCUT2D eigenvalue weighted by atomic mass is 10.1. The molecule has 0 unspecified atom stereocenters. The van der Waals surface area contributed by atoms with Gasteiger partial charge in [0.15, 0.2) is 0 Å². The van der Waals surface area contributed by atoms with Gasteiger partial charge in [0.1, 0.15) is 0 Å². The van der Waals surface area contributed by atoms with E-state index in [1.165, 1.54) is 10.8 Å². The van der Waals surface area contributed by atoms with E-state index >= 15 is 0 Å². The van der Waals surface area contributed by atoms with Crippen LogP contribution in [0, 0.1) is 13.8 Å². The molecule has 1 N–H and O–H groups in total. The highest BCUT2D eigenvalue weighted by Crippen LogP contribution is 2.16. The number of benzene rings is 3. The molecule has 1 amide bonds. The number of hydrogen-bond donors (Lipinski definition) is 1. The Bertz CT molecular complexity index is 1130. The van der Waals surface area contributed by atoms with Crippen molar-refractivity contribution >= 4 is 16.7 Å². The van der Waals surface area contributed by atoms with Crippen LogP contribution in [-0.2, 0) is 13.1 Å². The van der Waals surface area contributed by atoms with Crippen LogP contribution in [0.5, 0.6) is 0 Å². The minimum absolute atomic E-state index is 0.0641. The third kappa shape index (κ3) is 3.96. The summed E-state index contributed by atoms with van der Waals surface area (Å²) in [6.45, 7) is 5.26. The Kier molecular flexibility index (Phi) is 4.94. The molecule has 0 aliphatic carbocycles. The van der Waals surface area contributed by atoms with Gasteiger partial charge >= 0.3 is 0 Å². The Labute approximate surface area is 164 Å². The molecule has 0 bridgehead atoms. The maximum Gasteiger partial charge on any atom is 0.251 e.